The average molecular weight is 281 g/mol. The fourth-order valence-electron chi connectivity index (χ4n) is 2.36. The standard InChI is InChI=1S/C17H15NO3/c1-11-16(14-9-13(19)7-8-15(14)21-11)17(20)18-10-12-5-3-2-4-6-12/h2-9,19H,10H2,1H3,(H,18,20). The molecule has 0 atom stereocenters. The van der Waals surface area contributed by atoms with Crippen molar-refractivity contribution in [1.29, 1.82) is 0 Å². The highest BCUT2D eigenvalue weighted by molar-refractivity contribution is 6.07. The van der Waals surface area contributed by atoms with E-state index in [-0.39, 0.29) is 11.7 Å². The van der Waals surface area contributed by atoms with E-state index < -0.39 is 0 Å². The molecule has 0 aliphatic carbocycles. The van der Waals surface area contributed by atoms with Gasteiger partial charge in [0, 0.05) is 11.9 Å². The van der Waals surface area contributed by atoms with Crippen LogP contribution < -0.4 is 5.32 Å². The molecule has 0 saturated heterocycles. The third kappa shape index (κ3) is 2.60. The Hall–Kier alpha value is -2.75. The summed E-state index contributed by atoms with van der Waals surface area (Å²) < 4.78 is 5.56. The van der Waals surface area contributed by atoms with Crippen molar-refractivity contribution < 1.29 is 14.3 Å². The molecule has 3 rings (SSSR count). The molecule has 0 aliphatic heterocycles. The molecule has 2 aromatic carbocycles. The van der Waals surface area contributed by atoms with Crippen molar-refractivity contribution >= 4 is 16.9 Å². The van der Waals surface area contributed by atoms with Crippen molar-refractivity contribution in [3.05, 3.63) is 65.4 Å². The van der Waals surface area contributed by atoms with Gasteiger partial charge in [0.05, 0.1) is 5.56 Å². The van der Waals surface area contributed by atoms with E-state index in [1.54, 1.807) is 19.1 Å². The van der Waals surface area contributed by atoms with Crippen LogP contribution in [0.25, 0.3) is 11.0 Å². The monoisotopic (exact) mass is 281 g/mol. The summed E-state index contributed by atoms with van der Waals surface area (Å²) in [7, 11) is 0. The quantitative estimate of drug-likeness (QED) is 0.773. The van der Waals surface area contributed by atoms with Crippen molar-refractivity contribution in [3.8, 4) is 5.75 Å². The number of hydrogen-bond donors (Lipinski definition) is 2. The summed E-state index contributed by atoms with van der Waals surface area (Å²) in [6.45, 7) is 2.19. The minimum atomic E-state index is -0.208. The first-order valence-electron chi connectivity index (χ1n) is 6.69. The van der Waals surface area contributed by atoms with Gasteiger partial charge in [0.1, 0.15) is 17.1 Å². The summed E-state index contributed by atoms with van der Waals surface area (Å²) >= 11 is 0. The summed E-state index contributed by atoms with van der Waals surface area (Å²) in [5, 5.41) is 13.1. The Kier molecular flexibility index (Phi) is 3.36. The molecule has 4 nitrogen and oxygen atoms in total. The predicted octanol–water partition coefficient (Wildman–Crippen LogP) is 3.38. The number of aryl methyl sites for hydroxylation is 1. The third-order valence-electron chi connectivity index (χ3n) is 3.37. The van der Waals surface area contributed by atoms with Gasteiger partial charge in [0.15, 0.2) is 0 Å². The van der Waals surface area contributed by atoms with Crippen molar-refractivity contribution in [1.82, 2.24) is 5.32 Å². The lowest BCUT2D eigenvalue weighted by Crippen LogP contribution is -2.23. The molecule has 0 aliphatic rings. The summed E-state index contributed by atoms with van der Waals surface area (Å²) in [5.74, 6) is 0.447. The average Bonchev–Trinajstić information content (AvgIpc) is 2.81. The lowest BCUT2D eigenvalue weighted by Gasteiger charge is -2.05. The summed E-state index contributed by atoms with van der Waals surface area (Å²) in [6, 6.07) is 14.4. The van der Waals surface area contributed by atoms with Gasteiger partial charge in [-0.25, -0.2) is 0 Å². The predicted molar refractivity (Wildman–Crippen MR) is 80.2 cm³/mol. The van der Waals surface area contributed by atoms with Crippen molar-refractivity contribution in [3.63, 3.8) is 0 Å². The highest BCUT2D eigenvalue weighted by Gasteiger charge is 2.18. The Morgan fingerprint density at radius 1 is 1.19 bits per heavy atom. The number of furan rings is 1. The largest absolute Gasteiger partial charge is 0.508 e. The van der Waals surface area contributed by atoms with E-state index in [2.05, 4.69) is 5.32 Å². The van der Waals surface area contributed by atoms with Gasteiger partial charge in [-0.2, -0.15) is 0 Å². The second kappa shape index (κ2) is 5.32. The van der Waals surface area contributed by atoms with Crippen LogP contribution in [0.4, 0.5) is 0 Å². The van der Waals surface area contributed by atoms with Crippen LogP contribution in [-0.2, 0) is 6.54 Å². The first kappa shape index (κ1) is 13.2. The number of carbonyl (C=O) groups excluding carboxylic acids is 1. The van der Waals surface area contributed by atoms with E-state index in [0.29, 0.717) is 28.8 Å². The maximum atomic E-state index is 12.4. The molecule has 0 saturated carbocycles. The number of aromatic hydroxyl groups is 1. The number of benzene rings is 2. The first-order valence-corrected chi connectivity index (χ1v) is 6.69. The van der Waals surface area contributed by atoms with E-state index in [0.717, 1.165) is 5.56 Å². The van der Waals surface area contributed by atoms with Gasteiger partial charge in [0.2, 0.25) is 0 Å². The Morgan fingerprint density at radius 2 is 1.95 bits per heavy atom. The molecule has 1 aromatic heterocycles. The van der Waals surface area contributed by atoms with Crippen LogP contribution in [0.2, 0.25) is 0 Å². The Morgan fingerprint density at radius 3 is 2.71 bits per heavy atom. The van der Waals surface area contributed by atoms with Crippen LogP contribution in [0.15, 0.2) is 52.9 Å². The van der Waals surface area contributed by atoms with Gasteiger partial charge in [-0.1, -0.05) is 30.3 Å². The van der Waals surface area contributed by atoms with Crippen LogP contribution in [0.5, 0.6) is 5.75 Å². The highest BCUT2D eigenvalue weighted by Crippen LogP contribution is 2.28. The van der Waals surface area contributed by atoms with Gasteiger partial charge >= 0.3 is 0 Å². The smallest absolute Gasteiger partial charge is 0.255 e. The summed E-state index contributed by atoms with van der Waals surface area (Å²) in [4.78, 5) is 12.4. The Bertz CT molecular complexity index is 790. The molecule has 0 bridgehead atoms. The number of phenols is 1. The fourth-order valence-corrected chi connectivity index (χ4v) is 2.36. The fraction of sp³-hybridized carbons (Fsp3) is 0.118. The number of fused-ring (bicyclic) bond motifs is 1. The SMILES string of the molecule is Cc1oc2ccc(O)cc2c1C(=O)NCc1ccccc1. The van der Waals surface area contributed by atoms with Crippen LogP contribution in [0, 0.1) is 6.92 Å². The summed E-state index contributed by atoms with van der Waals surface area (Å²) in [5.41, 5.74) is 2.09. The lowest BCUT2D eigenvalue weighted by atomic mass is 10.1. The first-order chi connectivity index (χ1) is 10.1. The van der Waals surface area contributed by atoms with Gasteiger partial charge in [-0.05, 0) is 30.7 Å². The molecule has 3 aromatic rings. The maximum Gasteiger partial charge on any atom is 0.255 e. The minimum absolute atomic E-state index is 0.111. The van der Waals surface area contributed by atoms with Gasteiger partial charge in [0.25, 0.3) is 5.91 Å². The molecular formula is C17H15NO3. The van der Waals surface area contributed by atoms with Crippen LogP contribution >= 0.6 is 0 Å². The van der Waals surface area contributed by atoms with E-state index in [1.165, 1.54) is 6.07 Å². The van der Waals surface area contributed by atoms with Crippen LogP contribution in [0.1, 0.15) is 21.7 Å². The minimum Gasteiger partial charge on any atom is -0.508 e. The molecule has 4 heteroatoms. The zero-order valence-corrected chi connectivity index (χ0v) is 11.6. The zero-order valence-electron chi connectivity index (χ0n) is 11.6. The van der Waals surface area contributed by atoms with Crippen LogP contribution in [-0.4, -0.2) is 11.0 Å². The third-order valence-corrected chi connectivity index (χ3v) is 3.37. The molecular weight excluding hydrogens is 266 g/mol. The number of phenolic OH excluding ortho intramolecular Hbond substituents is 1. The molecule has 21 heavy (non-hydrogen) atoms. The second-order valence-electron chi connectivity index (χ2n) is 4.88. The number of amides is 1. The van der Waals surface area contributed by atoms with Crippen molar-refractivity contribution in [2.24, 2.45) is 0 Å². The molecule has 0 unspecified atom stereocenters. The van der Waals surface area contributed by atoms with E-state index in [1.807, 2.05) is 30.3 Å². The normalized spacial score (nSPS) is 10.7. The Balaban J connectivity index is 1.87. The van der Waals surface area contributed by atoms with E-state index >= 15 is 0 Å². The van der Waals surface area contributed by atoms with E-state index in [4.69, 9.17) is 4.42 Å². The van der Waals surface area contributed by atoms with Crippen LogP contribution in [0.3, 0.4) is 0 Å². The van der Waals surface area contributed by atoms with Gasteiger partial charge in [-0.15, -0.1) is 0 Å². The zero-order chi connectivity index (χ0) is 14.8. The maximum absolute atomic E-state index is 12.4. The lowest BCUT2D eigenvalue weighted by molar-refractivity contribution is 0.0951. The molecule has 0 radical (unpaired) electrons. The molecule has 0 spiro atoms. The van der Waals surface area contributed by atoms with E-state index in [9.17, 15) is 9.90 Å². The molecule has 2 N–H and O–H groups in total. The van der Waals surface area contributed by atoms with Gasteiger partial charge in [-0.3, -0.25) is 4.79 Å². The van der Waals surface area contributed by atoms with Crippen molar-refractivity contribution in [2.45, 2.75) is 13.5 Å². The van der Waals surface area contributed by atoms with Gasteiger partial charge < -0.3 is 14.8 Å². The second-order valence-corrected chi connectivity index (χ2v) is 4.88. The number of hydrogen-bond acceptors (Lipinski definition) is 3. The molecule has 0 fully saturated rings. The summed E-state index contributed by atoms with van der Waals surface area (Å²) in [6.07, 6.45) is 0. The molecule has 106 valence electrons. The molecule has 1 heterocycles. The number of rotatable bonds is 3. The number of carbonyl (C=O) groups is 1. The topological polar surface area (TPSA) is 62.5 Å². The number of nitrogens with one attached hydrogen (secondary N) is 1. The van der Waals surface area contributed by atoms with Crippen molar-refractivity contribution in [2.75, 3.05) is 0 Å². The highest BCUT2D eigenvalue weighted by atomic mass is 16.3. The molecule has 1 amide bonds. The Labute approximate surface area is 122 Å².